The molecule has 3 aromatic carbocycles. The third kappa shape index (κ3) is 4.45. The van der Waals surface area contributed by atoms with Crippen molar-refractivity contribution in [3.63, 3.8) is 0 Å². The van der Waals surface area contributed by atoms with Crippen LogP contribution in [0.2, 0.25) is 0 Å². The van der Waals surface area contributed by atoms with Crippen molar-refractivity contribution in [1.29, 1.82) is 5.41 Å². The van der Waals surface area contributed by atoms with Crippen molar-refractivity contribution in [2.75, 3.05) is 13.7 Å². The third-order valence-corrected chi connectivity index (χ3v) is 7.11. The van der Waals surface area contributed by atoms with Gasteiger partial charge in [-0.15, -0.1) is 0 Å². The molecule has 37 heavy (non-hydrogen) atoms. The quantitative estimate of drug-likeness (QED) is 0.310. The van der Waals surface area contributed by atoms with Gasteiger partial charge in [0, 0.05) is 18.7 Å². The predicted molar refractivity (Wildman–Crippen MR) is 146 cm³/mol. The van der Waals surface area contributed by atoms with Crippen LogP contribution in [0.1, 0.15) is 18.4 Å². The number of benzene rings is 3. The zero-order valence-corrected chi connectivity index (χ0v) is 20.9. The van der Waals surface area contributed by atoms with Crippen molar-refractivity contribution in [2.45, 2.75) is 32.0 Å². The van der Waals surface area contributed by atoms with Crippen molar-refractivity contribution >= 4 is 11.0 Å². The van der Waals surface area contributed by atoms with E-state index in [-0.39, 0.29) is 6.10 Å². The molecule has 6 heteroatoms. The molecule has 186 valence electrons. The Kier molecular flexibility index (Phi) is 6.33. The third-order valence-electron chi connectivity index (χ3n) is 7.11. The first-order valence-corrected chi connectivity index (χ1v) is 12.7. The van der Waals surface area contributed by atoms with E-state index < -0.39 is 0 Å². The molecule has 0 radical (unpaired) electrons. The van der Waals surface area contributed by atoms with Crippen LogP contribution in [0.15, 0.2) is 91.3 Å². The molecule has 1 unspecified atom stereocenters. The molecule has 1 aliphatic rings. The van der Waals surface area contributed by atoms with Gasteiger partial charge < -0.3 is 18.6 Å². The van der Waals surface area contributed by atoms with Crippen molar-refractivity contribution in [1.82, 2.24) is 14.1 Å². The summed E-state index contributed by atoms with van der Waals surface area (Å²) in [6, 6.07) is 28.9. The van der Waals surface area contributed by atoms with Crippen LogP contribution in [0.3, 0.4) is 0 Å². The van der Waals surface area contributed by atoms with Crippen LogP contribution in [0, 0.1) is 5.41 Å². The number of rotatable bonds is 7. The molecule has 1 fully saturated rings. The first kappa shape index (κ1) is 23.3. The minimum Gasteiger partial charge on any atom is -0.497 e. The van der Waals surface area contributed by atoms with Gasteiger partial charge in [0.1, 0.15) is 16.9 Å². The van der Waals surface area contributed by atoms with Gasteiger partial charge in [-0.1, -0.05) is 72.8 Å². The molecule has 0 bridgehead atoms. The summed E-state index contributed by atoms with van der Waals surface area (Å²) in [5.74, 6) is 0.830. The largest absolute Gasteiger partial charge is 0.497 e. The van der Waals surface area contributed by atoms with Crippen LogP contribution in [-0.2, 0) is 17.8 Å². The summed E-state index contributed by atoms with van der Waals surface area (Å²) < 4.78 is 15.5. The van der Waals surface area contributed by atoms with E-state index in [1.807, 2.05) is 28.8 Å². The van der Waals surface area contributed by atoms with Gasteiger partial charge in [-0.25, -0.2) is 4.98 Å². The van der Waals surface area contributed by atoms with Gasteiger partial charge in [-0.3, -0.25) is 5.41 Å². The van der Waals surface area contributed by atoms with Crippen LogP contribution >= 0.6 is 0 Å². The Labute approximate surface area is 216 Å². The monoisotopic (exact) mass is 490 g/mol. The fourth-order valence-corrected chi connectivity index (χ4v) is 5.29. The maximum atomic E-state index is 9.34. The number of nitrogens with one attached hydrogen (secondary N) is 1. The lowest BCUT2D eigenvalue weighted by atomic mass is 9.99. The van der Waals surface area contributed by atoms with Crippen molar-refractivity contribution < 1.29 is 9.47 Å². The smallest absolute Gasteiger partial charge is 0.146 e. The topological polar surface area (TPSA) is 65.1 Å². The lowest BCUT2D eigenvalue weighted by molar-refractivity contribution is 0.0957. The number of methoxy groups -OCH3 is 1. The van der Waals surface area contributed by atoms with E-state index >= 15 is 0 Å². The zero-order chi connectivity index (χ0) is 25.2. The summed E-state index contributed by atoms with van der Waals surface area (Å²) >= 11 is 0. The molecule has 0 saturated carbocycles. The van der Waals surface area contributed by atoms with E-state index in [2.05, 4.69) is 65.2 Å². The average Bonchev–Trinajstić information content (AvgIpc) is 3.58. The van der Waals surface area contributed by atoms with Gasteiger partial charge in [0.05, 0.1) is 37.2 Å². The van der Waals surface area contributed by atoms with Gasteiger partial charge in [0.25, 0.3) is 0 Å². The van der Waals surface area contributed by atoms with E-state index in [1.54, 1.807) is 13.4 Å². The van der Waals surface area contributed by atoms with Crippen LogP contribution in [-0.4, -0.2) is 33.9 Å². The maximum absolute atomic E-state index is 9.34. The number of fused-ring (bicyclic) bond motifs is 1. The summed E-state index contributed by atoms with van der Waals surface area (Å²) in [6.07, 6.45) is 4.02. The molecule has 6 nitrogen and oxygen atoms in total. The molecule has 5 aromatic rings. The van der Waals surface area contributed by atoms with E-state index in [1.165, 1.54) is 0 Å². The summed E-state index contributed by atoms with van der Waals surface area (Å²) in [5.41, 5.74) is 6.68. The molecule has 0 spiro atoms. The van der Waals surface area contributed by atoms with Gasteiger partial charge in [-0.2, -0.15) is 0 Å². The Balaban J connectivity index is 1.62. The van der Waals surface area contributed by atoms with Crippen molar-refractivity contribution in [2.24, 2.45) is 0 Å². The summed E-state index contributed by atoms with van der Waals surface area (Å²) in [7, 11) is 1.68. The maximum Gasteiger partial charge on any atom is 0.146 e. The molecule has 1 N–H and O–H groups in total. The minimum atomic E-state index is 0.128. The molecular formula is C31H30N4O2. The van der Waals surface area contributed by atoms with Crippen LogP contribution in [0.5, 0.6) is 5.75 Å². The first-order chi connectivity index (χ1) is 18.2. The molecular weight excluding hydrogens is 460 g/mol. The predicted octanol–water partition coefficient (Wildman–Crippen LogP) is 5.89. The molecule has 0 amide bonds. The lowest BCUT2D eigenvalue weighted by Gasteiger charge is -2.14. The van der Waals surface area contributed by atoms with Crippen LogP contribution in [0.4, 0.5) is 0 Å². The van der Waals surface area contributed by atoms with Gasteiger partial charge in [-0.05, 0) is 41.7 Å². The zero-order valence-electron chi connectivity index (χ0n) is 20.9. The Morgan fingerprint density at radius 3 is 2.30 bits per heavy atom. The number of nitrogens with zero attached hydrogens (tertiary/aromatic N) is 3. The lowest BCUT2D eigenvalue weighted by Crippen LogP contribution is -2.27. The standard InChI is InChI=1S/C31H30N4O2/c1-36-25-16-14-22(15-17-25)19-35-29(24-11-6-3-7-12-24)27(23-9-4-2-5-10-23)28-30(32)34(21-33-31(28)35)20-26-13-8-18-37-26/h2-7,9-12,14-17,21,26,32H,8,13,18-20H2,1H3. The van der Waals surface area contributed by atoms with Crippen molar-refractivity contribution in [3.8, 4) is 28.1 Å². The second-order valence-electron chi connectivity index (χ2n) is 9.47. The minimum absolute atomic E-state index is 0.128. The fourth-order valence-electron chi connectivity index (χ4n) is 5.29. The fraction of sp³-hybridized carbons (Fsp3) is 0.226. The normalized spacial score (nSPS) is 15.3. The van der Waals surface area contributed by atoms with Gasteiger partial charge in [0.15, 0.2) is 0 Å². The highest BCUT2D eigenvalue weighted by Gasteiger charge is 2.24. The summed E-state index contributed by atoms with van der Waals surface area (Å²) in [6.45, 7) is 2.06. The average molecular weight is 491 g/mol. The molecule has 1 atom stereocenters. The molecule has 6 rings (SSSR count). The van der Waals surface area contributed by atoms with Crippen LogP contribution in [0.25, 0.3) is 33.4 Å². The summed E-state index contributed by atoms with van der Waals surface area (Å²) in [5, 5.41) is 10.2. The van der Waals surface area contributed by atoms with Gasteiger partial charge in [0.2, 0.25) is 0 Å². The highest BCUT2D eigenvalue weighted by Crippen LogP contribution is 2.39. The van der Waals surface area contributed by atoms with E-state index in [0.717, 1.165) is 64.2 Å². The number of hydrogen-bond acceptors (Lipinski definition) is 4. The Bertz CT molecular complexity index is 1570. The SMILES string of the molecule is COc1ccc(Cn2c(-c3ccccc3)c(-c3ccccc3)c3c(=N)n(CC4CCCO4)cnc32)cc1. The van der Waals surface area contributed by atoms with E-state index in [0.29, 0.717) is 18.6 Å². The number of ether oxygens (including phenoxy) is 2. The van der Waals surface area contributed by atoms with Crippen molar-refractivity contribution in [3.05, 3.63) is 102 Å². The number of aromatic nitrogens is 3. The van der Waals surface area contributed by atoms with E-state index in [9.17, 15) is 5.41 Å². The number of hydrogen-bond donors (Lipinski definition) is 1. The first-order valence-electron chi connectivity index (χ1n) is 12.7. The molecule has 1 saturated heterocycles. The molecule has 0 aliphatic carbocycles. The highest BCUT2D eigenvalue weighted by atomic mass is 16.5. The molecule has 2 aromatic heterocycles. The molecule has 3 heterocycles. The summed E-state index contributed by atoms with van der Waals surface area (Å²) in [4.78, 5) is 4.97. The Morgan fingerprint density at radius 1 is 0.946 bits per heavy atom. The Hall–Kier alpha value is -4.16. The Morgan fingerprint density at radius 2 is 1.65 bits per heavy atom. The van der Waals surface area contributed by atoms with E-state index in [4.69, 9.17) is 14.5 Å². The highest BCUT2D eigenvalue weighted by molar-refractivity contribution is 6.02. The second kappa shape index (κ2) is 10.1. The van der Waals surface area contributed by atoms with Gasteiger partial charge >= 0.3 is 0 Å². The molecule has 1 aliphatic heterocycles. The van der Waals surface area contributed by atoms with Crippen LogP contribution < -0.4 is 10.2 Å². The second-order valence-corrected chi connectivity index (χ2v) is 9.47.